The summed E-state index contributed by atoms with van der Waals surface area (Å²) < 4.78 is 1.03. The summed E-state index contributed by atoms with van der Waals surface area (Å²) in [6.07, 6.45) is 3.56. The molecule has 1 aromatic carbocycles. The molecule has 3 nitrogen and oxygen atoms in total. The first-order valence-electron chi connectivity index (χ1n) is 5.15. The van der Waals surface area contributed by atoms with Crippen LogP contribution in [0.15, 0.2) is 27.7 Å². The van der Waals surface area contributed by atoms with Crippen molar-refractivity contribution in [2.24, 2.45) is 4.99 Å². The van der Waals surface area contributed by atoms with Crippen molar-refractivity contribution in [3.63, 3.8) is 0 Å². The second-order valence-corrected chi connectivity index (χ2v) is 5.15. The minimum absolute atomic E-state index is 0.283. The van der Waals surface area contributed by atoms with Crippen LogP contribution in [0.25, 0.3) is 0 Å². The third-order valence-electron chi connectivity index (χ3n) is 2.95. The van der Waals surface area contributed by atoms with Gasteiger partial charge in [0.05, 0.1) is 11.2 Å². The number of hydrogen-bond donors (Lipinski definition) is 0. The minimum atomic E-state index is -0.283. The molecule has 0 atom stereocenters. The zero-order valence-electron chi connectivity index (χ0n) is 9.33. The van der Waals surface area contributed by atoms with E-state index in [0.29, 0.717) is 0 Å². The highest BCUT2D eigenvalue weighted by molar-refractivity contribution is 9.10. The molecule has 0 aromatic heterocycles. The molecule has 2 rings (SSSR count). The van der Waals surface area contributed by atoms with E-state index in [9.17, 15) is 4.79 Å². The molecule has 4 heteroatoms. The molecular formula is C12H13BrN2O. The van der Waals surface area contributed by atoms with Gasteiger partial charge in [-0.2, -0.15) is 4.99 Å². The van der Waals surface area contributed by atoms with Crippen molar-refractivity contribution in [3.05, 3.63) is 28.2 Å². The smallest absolute Gasteiger partial charge is 0.235 e. The standard InChI is InChI=1S/C12H13BrN2O/c1-15(2)11-4-3-9(7-10(11)13)12(5-6-12)14-8-16/h3-4,7H,5-6H2,1-2H3. The van der Waals surface area contributed by atoms with Gasteiger partial charge in [0.15, 0.2) is 0 Å². The van der Waals surface area contributed by atoms with Crippen LogP contribution < -0.4 is 4.90 Å². The molecule has 0 saturated heterocycles. The van der Waals surface area contributed by atoms with Gasteiger partial charge in [-0.1, -0.05) is 6.07 Å². The van der Waals surface area contributed by atoms with Gasteiger partial charge < -0.3 is 4.90 Å². The third-order valence-corrected chi connectivity index (χ3v) is 3.59. The van der Waals surface area contributed by atoms with Crippen molar-refractivity contribution >= 4 is 27.7 Å². The van der Waals surface area contributed by atoms with Crippen LogP contribution in [0.1, 0.15) is 18.4 Å². The van der Waals surface area contributed by atoms with Crippen LogP contribution in [0, 0.1) is 0 Å². The van der Waals surface area contributed by atoms with Crippen LogP contribution >= 0.6 is 15.9 Å². The van der Waals surface area contributed by atoms with Gasteiger partial charge >= 0.3 is 0 Å². The summed E-state index contributed by atoms with van der Waals surface area (Å²) in [5.41, 5.74) is 1.93. The van der Waals surface area contributed by atoms with Crippen LogP contribution in [0.3, 0.4) is 0 Å². The van der Waals surface area contributed by atoms with Crippen molar-refractivity contribution in [3.8, 4) is 0 Å². The van der Waals surface area contributed by atoms with Crippen molar-refractivity contribution in [1.29, 1.82) is 0 Å². The van der Waals surface area contributed by atoms with E-state index in [1.165, 1.54) is 0 Å². The lowest BCUT2D eigenvalue weighted by Crippen LogP contribution is -2.10. The third kappa shape index (κ3) is 1.91. The van der Waals surface area contributed by atoms with Crippen molar-refractivity contribution in [2.45, 2.75) is 18.4 Å². The van der Waals surface area contributed by atoms with Gasteiger partial charge in [-0.15, -0.1) is 0 Å². The average Bonchev–Trinajstić information content (AvgIpc) is 2.99. The lowest BCUT2D eigenvalue weighted by Gasteiger charge is -2.17. The molecule has 0 unspecified atom stereocenters. The number of benzene rings is 1. The zero-order valence-corrected chi connectivity index (χ0v) is 10.9. The maximum Gasteiger partial charge on any atom is 0.235 e. The van der Waals surface area contributed by atoms with Gasteiger partial charge in [-0.05, 0) is 46.5 Å². The van der Waals surface area contributed by atoms with Gasteiger partial charge in [0, 0.05) is 18.6 Å². The summed E-state index contributed by atoms with van der Waals surface area (Å²) in [6, 6.07) is 6.12. The van der Waals surface area contributed by atoms with Crippen molar-refractivity contribution in [1.82, 2.24) is 0 Å². The van der Waals surface area contributed by atoms with E-state index in [1.54, 1.807) is 6.08 Å². The topological polar surface area (TPSA) is 32.7 Å². The first-order chi connectivity index (χ1) is 7.59. The first kappa shape index (κ1) is 11.4. The fourth-order valence-electron chi connectivity index (χ4n) is 1.83. The van der Waals surface area contributed by atoms with Crippen LogP contribution in [-0.2, 0) is 10.3 Å². The molecule has 0 amide bonds. The Morgan fingerprint density at radius 1 is 1.44 bits per heavy atom. The molecule has 0 spiro atoms. The summed E-state index contributed by atoms with van der Waals surface area (Å²) in [4.78, 5) is 16.3. The second-order valence-electron chi connectivity index (χ2n) is 4.30. The number of nitrogens with zero attached hydrogens (tertiary/aromatic N) is 2. The van der Waals surface area contributed by atoms with Gasteiger partial charge in [-0.25, -0.2) is 4.79 Å². The van der Waals surface area contributed by atoms with Crippen molar-refractivity contribution in [2.75, 3.05) is 19.0 Å². The SMILES string of the molecule is CN(C)c1ccc(C2(N=C=O)CC2)cc1Br. The Kier molecular flexibility index (Phi) is 2.87. The zero-order chi connectivity index (χ0) is 11.8. The number of isocyanates is 1. The van der Waals surface area contributed by atoms with Crippen LogP contribution in [0.4, 0.5) is 5.69 Å². The van der Waals surface area contributed by atoms with Gasteiger partial charge in [0.1, 0.15) is 0 Å². The van der Waals surface area contributed by atoms with Gasteiger partial charge in [0.2, 0.25) is 6.08 Å². The highest BCUT2D eigenvalue weighted by Crippen LogP contribution is 2.50. The molecule has 1 aromatic rings. The van der Waals surface area contributed by atoms with Crippen molar-refractivity contribution < 1.29 is 4.79 Å². The van der Waals surface area contributed by atoms with E-state index < -0.39 is 0 Å². The van der Waals surface area contributed by atoms with E-state index in [2.05, 4.69) is 20.9 Å². The Labute approximate surface area is 103 Å². The van der Waals surface area contributed by atoms with Gasteiger partial charge in [-0.3, -0.25) is 0 Å². The molecule has 0 radical (unpaired) electrons. The van der Waals surface area contributed by atoms with Crippen LogP contribution in [0.5, 0.6) is 0 Å². The lowest BCUT2D eigenvalue weighted by molar-refractivity contribution is 0.556. The fraction of sp³-hybridized carbons (Fsp3) is 0.417. The van der Waals surface area contributed by atoms with Crippen LogP contribution in [0.2, 0.25) is 0 Å². The molecule has 1 saturated carbocycles. The van der Waals surface area contributed by atoms with E-state index in [0.717, 1.165) is 28.6 Å². The first-order valence-corrected chi connectivity index (χ1v) is 5.95. The summed E-state index contributed by atoms with van der Waals surface area (Å²) in [7, 11) is 3.99. The Morgan fingerprint density at radius 2 is 2.12 bits per heavy atom. The van der Waals surface area contributed by atoms with E-state index in [4.69, 9.17) is 0 Å². The Hall–Kier alpha value is -1.12. The Balaban J connectivity index is 2.39. The fourth-order valence-corrected chi connectivity index (χ4v) is 2.56. The molecule has 84 valence electrons. The van der Waals surface area contributed by atoms with E-state index >= 15 is 0 Å². The summed E-state index contributed by atoms with van der Waals surface area (Å²) in [5.74, 6) is 0. The predicted octanol–water partition coefficient (Wildman–Crippen LogP) is 2.84. The molecule has 1 aliphatic rings. The Bertz CT molecular complexity index is 460. The monoisotopic (exact) mass is 280 g/mol. The number of anilines is 1. The molecular weight excluding hydrogens is 268 g/mol. The lowest BCUT2D eigenvalue weighted by atomic mass is 10.1. The molecule has 1 fully saturated rings. The molecule has 1 aliphatic carbocycles. The van der Waals surface area contributed by atoms with Crippen LogP contribution in [-0.4, -0.2) is 20.2 Å². The maximum absolute atomic E-state index is 10.4. The normalized spacial score (nSPS) is 16.4. The summed E-state index contributed by atoms with van der Waals surface area (Å²) in [6.45, 7) is 0. The van der Waals surface area contributed by atoms with E-state index in [1.807, 2.05) is 37.2 Å². The highest BCUT2D eigenvalue weighted by Gasteiger charge is 2.44. The summed E-state index contributed by atoms with van der Waals surface area (Å²) in [5, 5.41) is 0. The number of carbonyl (C=O) groups excluding carboxylic acids is 1. The Morgan fingerprint density at radius 3 is 2.56 bits per heavy atom. The quantitative estimate of drug-likeness (QED) is 0.630. The number of rotatable bonds is 3. The molecule has 0 N–H and O–H groups in total. The molecule has 0 heterocycles. The summed E-state index contributed by atoms with van der Waals surface area (Å²) >= 11 is 3.54. The number of hydrogen-bond acceptors (Lipinski definition) is 3. The van der Waals surface area contributed by atoms with Gasteiger partial charge in [0.25, 0.3) is 0 Å². The molecule has 0 aliphatic heterocycles. The minimum Gasteiger partial charge on any atom is -0.377 e. The predicted molar refractivity (Wildman–Crippen MR) is 67.5 cm³/mol. The largest absolute Gasteiger partial charge is 0.377 e. The van der Waals surface area contributed by atoms with E-state index in [-0.39, 0.29) is 5.54 Å². The molecule has 16 heavy (non-hydrogen) atoms. The maximum atomic E-state index is 10.4. The highest BCUT2D eigenvalue weighted by atomic mass is 79.9. The number of aliphatic imine (C=N–C) groups is 1. The second kappa shape index (κ2) is 4.04. The average molecular weight is 281 g/mol. The number of halogens is 1. The molecule has 0 bridgehead atoms.